The lowest BCUT2D eigenvalue weighted by molar-refractivity contribution is -0.117. The van der Waals surface area contributed by atoms with Crippen molar-refractivity contribution in [2.75, 3.05) is 10.6 Å². The zero-order valence-electron chi connectivity index (χ0n) is 15.2. The van der Waals surface area contributed by atoms with Gasteiger partial charge in [-0.25, -0.2) is 9.37 Å². The SMILES string of the molecule is Cc1ccc(C(=O)Nc2nc3c(s2)CC[C@H]3C(=O)Nc2cccc(F)c2)cc1. The van der Waals surface area contributed by atoms with Crippen molar-refractivity contribution in [1.29, 1.82) is 0 Å². The Labute approximate surface area is 165 Å². The first-order chi connectivity index (χ1) is 13.5. The third kappa shape index (κ3) is 3.80. The minimum absolute atomic E-state index is 0.217. The van der Waals surface area contributed by atoms with Crippen LogP contribution in [-0.4, -0.2) is 16.8 Å². The maximum absolute atomic E-state index is 13.3. The molecule has 0 spiro atoms. The molecular formula is C21H18FN3O2S. The van der Waals surface area contributed by atoms with Crippen molar-refractivity contribution in [1.82, 2.24) is 4.98 Å². The molecule has 0 saturated carbocycles. The topological polar surface area (TPSA) is 71.1 Å². The summed E-state index contributed by atoms with van der Waals surface area (Å²) in [5.74, 6) is -1.25. The van der Waals surface area contributed by atoms with Crippen molar-refractivity contribution in [3.63, 3.8) is 0 Å². The largest absolute Gasteiger partial charge is 0.325 e. The standard InChI is InChI=1S/C21H18FN3O2S/c1-12-5-7-13(8-6-12)19(26)25-21-24-18-16(9-10-17(18)28-21)20(27)23-15-4-2-3-14(22)11-15/h2-8,11,16H,9-10H2,1H3,(H,23,27)(H,24,25,26)/t16-/m1/s1. The van der Waals surface area contributed by atoms with Gasteiger partial charge in [0, 0.05) is 16.1 Å². The van der Waals surface area contributed by atoms with Gasteiger partial charge >= 0.3 is 0 Å². The molecule has 2 aromatic carbocycles. The minimum Gasteiger partial charge on any atom is -0.325 e. The summed E-state index contributed by atoms with van der Waals surface area (Å²) in [6.45, 7) is 1.96. The third-order valence-electron chi connectivity index (χ3n) is 4.66. The number of amides is 2. The lowest BCUT2D eigenvalue weighted by atomic mass is 10.1. The highest BCUT2D eigenvalue weighted by atomic mass is 32.1. The molecule has 0 radical (unpaired) electrons. The van der Waals surface area contributed by atoms with Crippen LogP contribution < -0.4 is 10.6 Å². The highest BCUT2D eigenvalue weighted by Gasteiger charge is 2.33. The number of nitrogens with one attached hydrogen (secondary N) is 2. The molecule has 0 saturated heterocycles. The molecule has 28 heavy (non-hydrogen) atoms. The predicted molar refractivity (Wildman–Crippen MR) is 107 cm³/mol. The Kier molecular flexibility index (Phi) is 4.92. The Bertz CT molecular complexity index is 1050. The Morgan fingerprint density at radius 2 is 1.93 bits per heavy atom. The maximum Gasteiger partial charge on any atom is 0.257 e. The van der Waals surface area contributed by atoms with Crippen molar-refractivity contribution in [3.05, 3.63) is 76.0 Å². The van der Waals surface area contributed by atoms with E-state index in [9.17, 15) is 14.0 Å². The summed E-state index contributed by atoms with van der Waals surface area (Å²) in [5.41, 5.74) is 2.75. The molecule has 4 rings (SSSR count). The van der Waals surface area contributed by atoms with E-state index in [1.54, 1.807) is 24.3 Å². The van der Waals surface area contributed by atoms with Gasteiger partial charge in [0.2, 0.25) is 5.91 Å². The number of carbonyl (C=O) groups is 2. The molecule has 5 nitrogen and oxygen atoms in total. The molecule has 2 amide bonds. The number of anilines is 2. The third-order valence-corrected chi connectivity index (χ3v) is 5.71. The number of nitrogens with zero attached hydrogens (tertiary/aromatic N) is 1. The fourth-order valence-electron chi connectivity index (χ4n) is 3.21. The van der Waals surface area contributed by atoms with Crippen LogP contribution in [0.2, 0.25) is 0 Å². The molecule has 1 aromatic heterocycles. The van der Waals surface area contributed by atoms with Gasteiger partial charge in [-0.3, -0.25) is 14.9 Å². The second-order valence-corrected chi connectivity index (χ2v) is 7.82. The van der Waals surface area contributed by atoms with Gasteiger partial charge in [-0.05, 0) is 50.1 Å². The average Bonchev–Trinajstić information content (AvgIpc) is 3.22. The molecule has 1 atom stereocenters. The number of rotatable bonds is 4. The van der Waals surface area contributed by atoms with E-state index < -0.39 is 11.7 Å². The van der Waals surface area contributed by atoms with Crippen LogP contribution in [0.25, 0.3) is 0 Å². The highest BCUT2D eigenvalue weighted by molar-refractivity contribution is 7.16. The Morgan fingerprint density at radius 3 is 2.68 bits per heavy atom. The molecular weight excluding hydrogens is 377 g/mol. The van der Waals surface area contributed by atoms with E-state index >= 15 is 0 Å². The quantitative estimate of drug-likeness (QED) is 0.683. The number of thiazole rings is 1. The number of hydrogen-bond donors (Lipinski definition) is 2. The van der Waals surface area contributed by atoms with E-state index in [1.807, 2.05) is 19.1 Å². The summed E-state index contributed by atoms with van der Waals surface area (Å²) in [6, 6.07) is 13.1. The smallest absolute Gasteiger partial charge is 0.257 e. The van der Waals surface area contributed by atoms with E-state index in [0.29, 0.717) is 28.5 Å². The fourth-order valence-corrected chi connectivity index (χ4v) is 4.24. The van der Waals surface area contributed by atoms with Crippen LogP contribution in [0.5, 0.6) is 0 Å². The number of carbonyl (C=O) groups excluding carboxylic acids is 2. The summed E-state index contributed by atoms with van der Waals surface area (Å²) in [6.07, 6.45) is 1.39. The van der Waals surface area contributed by atoms with Crippen LogP contribution in [0.4, 0.5) is 15.2 Å². The molecule has 1 heterocycles. The van der Waals surface area contributed by atoms with E-state index in [-0.39, 0.29) is 11.8 Å². The Balaban J connectivity index is 1.47. The van der Waals surface area contributed by atoms with Crippen LogP contribution in [0.3, 0.4) is 0 Å². The number of benzene rings is 2. The normalized spacial score (nSPS) is 15.1. The summed E-state index contributed by atoms with van der Waals surface area (Å²) < 4.78 is 13.3. The van der Waals surface area contributed by atoms with Gasteiger partial charge in [-0.2, -0.15) is 0 Å². The molecule has 7 heteroatoms. The first-order valence-electron chi connectivity index (χ1n) is 8.93. The number of aryl methyl sites for hydroxylation is 2. The molecule has 1 aliphatic rings. The van der Waals surface area contributed by atoms with Crippen molar-refractivity contribution >= 4 is 34.0 Å². The lowest BCUT2D eigenvalue weighted by Gasteiger charge is -2.10. The predicted octanol–water partition coefficient (Wildman–Crippen LogP) is 4.51. The van der Waals surface area contributed by atoms with E-state index in [2.05, 4.69) is 15.6 Å². The number of hydrogen-bond acceptors (Lipinski definition) is 4. The van der Waals surface area contributed by atoms with Crippen molar-refractivity contribution in [2.24, 2.45) is 0 Å². The first-order valence-corrected chi connectivity index (χ1v) is 9.75. The Morgan fingerprint density at radius 1 is 1.14 bits per heavy atom. The van der Waals surface area contributed by atoms with Crippen molar-refractivity contribution in [2.45, 2.75) is 25.7 Å². The minimum atomic E-state index is -0.403. The van der Waals surface area contributed by atoms with Crippen LogP contribution >= 0.6 is 11.3 Å². The number of halogens is 1. The lowest BCUT2D eigenvalue weighted by Crippen LogP contribution is -2.20. The molecule has 2 N–H and O–H groups in total. The Hall–Kier alpha value is -3.06. The zero-order valence-corrected chi connectivity index (χ0v) is 16.0. The average molecular weight is 395 g/mol. The van der Waals surface area contributed by atoms with Crippen LogP contribution in [0.1, 0.15) is 38.8 Å². The molecule has 3 aromatic rings. The molecule has 142 valence electrons. The molecule has 0 aliphatic heterocycles. The van der Waals surface area contributed by atoms with Gasteiger partial charge < -0.3 is 5.32 Å². The summed E-state index contributed by atoms with van der Waals surface area (Å²) in [7, 11) is 0. The highest BCUT2D eigenvalue weighted by Crippen LogP contribution is 2.39. The van der Waals surface area contributed by atoms with Gasteiger partial charge in [0.15, 0.2) is 5.13 Å². The van der Waals surface area contributed by atoms with Crippen LogP contribution in [0.15, 0.2) is 48.5 Å². The van der Waals surface area contributed by atoms with Gasteiger partial charge in [-0.15, -0.1) is 11.3 Å². The van der Waals surface area contributed by atoms with Gasteiger partial charge in [0.25, 0.3) is 5.91 Å². The maximum atomic E-state index is 13.3. The monoisotopic (exact) mass is 395 g/mol. The summed E-state index contributed by atoms with van der Waals surface area (Å²) in [4.78, 5) is 30.5. The molecule has 0 fully saturated rings. The van der Waals surface area contributed by atoms with Crippen molar-refractivity contribution in [3.8, 4) is 0 Å². The first kappa shape index (κ1) is 18.3. The summed E-state index contributed by atoms with van der Waals surface area (Å²) in [5, 5.41) is 6.04. The van der Waals surface area contributed by atoms with Gasteiger partial charge in [-0.1, -0.05) is 23.8 Å². The van der Waals surface area contributed by atoms with E-state index in [4.69, 9.17) is 0 Å². The molecule has 0 bridgehead atoms. The second kappa shape index (κ2) is 7.52. The van der Waals surface area contributed by atoms with E-state index in [1.165, 1.54) is 23.5 Å². The van der Waals surface area contributed by atoms with Crippen LogP contribution in [-0.2, 0) is 11.2 Å². The summed E-state index contributed by atoms with van der Waals surface area (Å²) >= 11 is 1.39. The molecule has 0 unspecified atom stereocenters. The number of aromatic nitrogens is 1. The number of fused-ring (bicyclic) bond motifs is 1. The van der Waals surface area contributed by atoms with Gasteiger partial charge in [0.05, 0.1) is 11.6 Å². The molecule has 1 aliphatic carbocycles. The second-order valence-electron chi connectivity index (χ2n) is 6.74. The van der Waals surface area contributed by atoms with Crippen molar-refractivity contribution < 1.29 is 14.0 Å². The van der Waals surface area contributed by atoms with Gasteiger partial charge in [0.1, 0.15) is 5.82 Å². The zero-order chi connectivity index (χ0) is 19.7. The fraction of sp³-hybridized carbons (Fsp3) is 0.190. The van der Waals surface area contributed by atoms with Crippen LogP contribution in [0, 0.1) is 12.7 Å². The van der Waals surface area contributed by atoms with E-state index in [0.717, 1.165) is 16.9 Å².